The van der Waals surface area contributed by atoms with Crippen molar-refractivity contribution in [1.82, 2.24) is 0 Å². The predicted molar refractivity (Wildman–Crippen MR) is 163 cm³/mol. The molecule has 0 amide bonds. The molecule has 0 spiro atoms. The molecule has 4 N–H and O–H groups in total. The van der Waals surface area contributed by atoms with E-state index in [0.29, 0.717) is 22.6 Å². The maximum Gasteiger partial charge on any atom is 0.295 e. The van der Waals surface area contributed by atoms with Crippen LogP contribution >= 0.6 is 0 Å². The molecule has 0 heterocycles. The lowest BCUT2D eigenvalue weighted by Crippen LogP contribution is -2.24. The summed E-state index contributed by atoms with van der Waals surface area (Å²) in [6, 6.07) is 17.2. The van der Waals surface area contributed by atoms with Crippen molar-refractivity contribution in [3.8, 4) is 11.5 Å². The van der Waals surface area contributed by atoms with E-state index in [4.69, 9.17) is 10.5 Å². The predicted octanol–water partition coefficient (Wildman–Crippen LogP) is 7.05. The van der Waals surface area contributed by atoms with E-state index < -0.39 is 21.7 Å². The van der Waals surface area contributed by atoms with Crippen molar-refractivity contribution < 1.29 is 27.3 Å². The molecular weight excluding hydrogens is 552 g/mol. The number of hydrogen-bond acceptors (Lipinski definition) is 7. The van der Waals surface area contributed by atoms with Gasteiger partial charge in [0.1, 0.15) is 10.6 Å². The molecule has 0 aromatic heterocycles. The summed E-state index contributed by atoms with van der Waals surface area (Å²) < 4.78 is 40.6. The van der Waals surface area contributed by atoms with Crippen LogP contribution in [0, 0.1) is 20.8 Å². The van der Waals surface area contributed by atoms with Crippen LogP contribution in [0.1, 0.15) is 74.9 Å². The number of nitrogens with one attached hydrogen (secondary N) is 1. The monoisotopic (exact) mass is 584 g/mol. The third kappa shape index (κ3) is 4.95. The van der Waals surface area contributed by atoms with Crippen LogP contribution in [0.15, 0.2) is 65.6 Å². The second-order valence-corrected chi connectivity index (χ2v) is 13.0. The van der Waals surface area contributed by atoms with Gasteiger partial charge < -0.3 is 15.8 Å². The summed E-state index contributed by atoms with van der Waals surface area (Å²) in [7, 11) is -4.55. The summed E-state index contributed by atoms with van der Waals surface area (Å²) in [5.74, 6) is -0.206. The highest BCUT2D eigenvalue weighted by atomic mass is 32.2. The van der Waals surface area contributed by atoms with E-state index in [1.807, 2.05) is 24.3 Å². The molecule has 5 rings (SSSR count). The van der Waals surface area contributed by atoms with Gasteiger partial charge in [-0.2, -0.15) is 8.42 Å². The fourth-order valence-electron chi connectivity index (χ4n) is 5.52. The van der Waals surface area contributed by atoms with Gasteiger partial charge in [0.2, 0.25) is 0 Å². The second kappa shape index (κ2) is 10.1. The van der Waals surface area contributed by atoms with Gasteiger partial charge >= 0.3 is 0 Å². The maximum absolute atomic E-state index is 13.8. The highest BCUT2D eigenvalue weighted by molar-refractivity contribution is 7.86. The first-order valence-corrected chi connectivity index (χ1v) is 14.8. The van der Waals surface area contributed by atoms with Crippen molar-refractivity contribution in [2.24, 2.45) is 0 Å². The standard InChI is InChI=1S/C33H32N2O6S/c1-17-15-18(2)32(42(38,39)40)19(3)29(17)35-24-16-25(41-21-13-11-20(12-14-21)33(4,5)6)28(34)27-26(24)30(36)22-9-7-8-10-23(22)31(27)37/h7-16,35H,34H2,1-6H3,(H,38,39,40). The van der Waals surface area contributed by atoms with Gasteiger partial charge in [-0.05, 0) is 60.6 Å². The minimum atomic E-state index is -4.55. The minimum Gasteiger partial charge on any atom is -0.455 e. The largest absolute Gasteiger partial charge is 0.455 e. The normalized spacial score (nSPS) is 13.0. The number of fused-ring (bicyclic) bond motifs is 2. The van der Waals surface area contributed by atoms with Crippen LogP contribution in [-0.4, -0.2) is 24.5 Å². The van der Waals surface area contributed by atoms with Gasteiger partial charge in [-0.1, -0.05) is 63.2 Å². The van der Waals surface area contributed by atoms with Gasteiger partial charge in [0.15, 0.2) is 17.3 Å². The molecule has 0 radical (unpaired) electrons. The number of aryl methyl sites for hydroxylation is 2. The number of benzene rings is 4. The molecule has 0 saturated heterocycles. The number of ketones is 2. The number of ether oxygens (including phenoxy) is 1. The Morgan fingerprint density at radius 1 is 0.833 bits per heavy atom. The number of carbonyl (C=O) groups is 2. The summed E-state index contributed by atoms with van der Waals surface area (Å²) in [6.07, 6.45) is 0. The fourth-order valence-corrected chi connectivity index (χ4v) is 6.47. The first-order chi connectivity index (χ1) is 19.6. The van der Waals surface area contributed by atoms with Crippen molar-refractivity contribution in [3.05, 3.63) is 105 Å². The van der Waals surface area contributed by atoms with Crippen molar-refractivity contribution in [2.45, 2.75) is 51.9 Å². The Labute approximate surface area is 245 Å². The SMILES string of the molecule is Cc1cc(C)c(S(=O)(=O)O)c(C)c1Nc1cc(Oc2ccc(C(C)(C)C)cc2)c(N)c2c1C(=O)c1ccccc1C2=O. The molecule has 0 bridgehead atoms. The number of anilines is 3. The Morgan fingerprint density at radius 3 is 1.95 bits per heavy atom. The molecule has 8 nitrogen and oxygen atoms in total. The fraction of sp³-hybridized carbons (Fsp3) is 0.212. The average molecular weight is 585 g/mol. The summed E-state index contributed by atoms with van der Waals surface area (Å²) in [5.41, 5.74) is 10.00. The number of nitrogen functional groups attached to an aromatic ring is 1. The lowest BCUT2D eigenvalue weighted by Gasteiger charge is -2.25. The Hall–Kier alpha value is -4.47. The summed E-state index contributed by atoms with van der Waals surface area (Å²) in [6.45, 7) is 11.2. The molecule has 0 atom stereocenters. The van der Waals surface area contributed by atoms with E-state index >= 15 is 0 Å². The molecule has 0 unspecified atom stereocenters. The Kier molecular flexibility index (Phi) is 6.99. The van der Waals surface area contributed by atoms with Crippen molar-refractivity contribution in [2.75, 3.05) is 11.1 Å². The molecule has 0 aliphatic heterocycles. The highest BCUT2D eigenvalue weighted by Gasteiger charge is 2.35. The molecule has 216 valence electrons. The third-order valence-corrected chi connectivity index (χ3v) is 8.71. The molecule has 4 aromatic rings. The molecule has 4 aromatic carbocycles. The van der Waals surface area contributed by atoms with E-state index in [1.54, 1.807) is 51.1 Å². The first-order valence-electron chi connectivity index (χ1n) is 13.4. The van der Waals surface area contributed by atoms with Gasteiger partial charge in [0, 0.05) is 22.9 Å². The minimum absolute atomic E-state index is 0.00225. The quantitative estimate of drug-likeness (QED) is 0.148. The van der Waals surface area contributed by atoms with Crippen molar-refractivity contribution in [3.63, 3.8) is 0 Å². The van der Waals surface area contributed by atoms with Gasteiger partial charge in [-0.15, -0.1) is 0 Å². The van der Waals surface area contributed by atoms with Crippen LogP contribution in [0.5, 0.6) is 11.5 Å². The van der Waals surface area contributed by atoms with Gasteiger partial charge in [-0.3, -0.25) is 14.1 Å². The number of carbonyl (C=O) groups excluding carboxylic acids is 2. The van der Waals surface area contributed by atoms with Gasteiger partial charge in [0.25, 0.3) is 10.1 Å². The zero-order valence-corrected chi connectivity index (χ0v) is 25.1. The van der Waals surface area contributed by atoms with E-state index in [0.717, 1.165) is 5.56 Å². The molecule has 42 heavy (non-hydrogen) atoms. The summed E-state index contributed by atoms with van der Waals surface area (Å²) in [5, 5.41) is 3.19. The summed E-state index contributed by atoms with van der Waals surface area (Å²) >= 11 is 0. The highest BCUT2D eigenvalue weighted by Crippen LogP contribution is 2.44. The van der Waals surface area contributed by atoms with Crippen LogP contribution in [-0.2, 0) is 15.5 Å². The second-order valence-electron chi connectivity index (χ2n) is 11.6. The third-order valence-electron chi connectivity index (χ3n) is 7.57. The van der Waals surface area contributed by atoms with Crippen molar-refractivity contribution in [1.29, 1.82) is 0 Å². The van der Waals surface area contributed by atoms with Gasteiger partial charge in [0.05, 0.1) is 22.5 Å². The Morgan fingerprint density at radius 2 is 1.40 bits per heavy atom. The topological polar surface area (TPSA) is 136 Å². The maximum atomic E-state index is 13.8. The number of nitrogens with two attached hydrogens (primary N) is 1. The zero-order chi connectivity index (χ0) is 30.7. The average Bonchev–Trinajstić information content (AvgIpc) is 2.90. The first kappa shape index (κ1) is 29.0. The molecule has 1 aliphatic rings. The lowest BCUT2D eigenvalue weighted by atomic mass is 9.82. The van der Waals surface area contributed by atoms with Crippen LogP contribution in [0.3, 0.4) is 0 Å². The van der Waals surface area contributed by atoms with E-state index in [-0.39, 0.29) is 55.3 Å². The number of rotatable bonds is 5. The van der Waals surface area contributed by atoms with E-state index in [2.05, 4.69) is 26.1 Å². The van der Waals surface area contributed by atoms with E-state index in [9.17, 15) is 22.6 Å². The van der Waals surface area contributed by atoms with E-state index in [1.165, 1.54) is 6.07 Å². The summed E-state index contributed by atoms with van der Waals surface area (Å²) in [4.78, 5) is 27.4. The van der Waals surface area contributed by atoms with Crippen LogP contribution < -0.4 is 15.8 Å². The van der Waals surface area contributed by atoms with Crippen LogP contribution in [0.25, 0.3) is 0 Å². The molecular formula is C33H32N2O6S. The zero-order valence-electron chi connectivity index (χ0n) is 24.2. The molecule has 0 fully saturated rings. The lowest BCUT2D eigenvalue weighted by molar-refractivity contribution is 0.0980. The molecule has 1 aliphatic carbocycles. The number of hydrogen-bond donors (Lipinski definition) is 3. The van der Waals surface area contributed by atoms with Gasteiger partial charge in [-0.25, -0.2) is 0 Å². The van der Waals surface area contributed by atoms with Crippen LogP contribution in [0.2, 0.25) is 0 Å². The Balaban J connectivity index is 1.72. The smallest absolute Gasteiger partial charge is 0.295 e. The Bertz CT molecular complexity index is 1900. The van der Waals surface area contributed by atoms with Crippen molar-refractivity contribution >= 4 is 38.7 Å². The van der Waals surface area contributed by atoms with Crippen LogP contribution in [0.4, 0.5) is 17.1 Å². The molecule has 0 saturated carbocycles. The molecule has 9 heteroatoms.